The molecule has 2 aliphatic heterocycles. The van der Waals surface area contributed by atoms with E-state index in [1.54, 1.807) is 0 Å². The summed E-state index contributed by atoms with van der Waals surface area (Å²) >= 11 is 0. The van der Waals surface area contributed by atoms with Crippen LogP contribution >= 0.6 is 0 Å². The van der Waals surface area contributed by atoms with Gasteiger partial charge in [0.25, 0.3) is 6.71 Å². The lowest BCUT2D eigenvalue weighted by Crippen LogP contribution is -2.61. The van der Waals surface area contributed by atoms with Gasteiger partial charge in [0.05, 0.1) is 16.7 Å². The van der Waals surface area contributed by atoms with Gasteiger partial charge in [-0.3, -0.25) is 0 Å². The fraction of sp³-hybridized carbons (Fsp3) is 0.0727. The van der Waals surface area contributed by atoms with E-state index in [1.807, 2.05) is 97.1 Å². The summed E-state index contributed by atoms with van der Waals surface area (Å²) in [5, 5.41) is 2.16. The van der Waals surface area contributed by atoms with Crippen LogP contribution in [0.1, 0.15) is 52.7 Å². The third-order valence-corrected chi connectivity index (χ3v) is 23.7. The number of aromatic nitrogens is 7. The van der Waals surface area contributed by atoms with E-state index < -0.39 is 0 Å². The van der Waals surface area contributed by atoms with Crippen molar-refractivity contribution in [1.82, 2.24) is 34.5 Å². The van der Waals surface area contributed by atoms with Gasteiger partial charge in [-0.25, -0.2) is 29.9 Å². The molecule has 0 saturated heterocycles. The van der Waals surface area contributed by atoms with Crippen LogP contribution in [0.2, 0.25) is 0 Å². The molecule has 0 aliphatic carbocycles. The molecule has 19 aromatic rings. The second-order valence-corrected chi connectivity index (χ2v) is 33.5. The minimum absolute atomic E-state index is 0.179. The minimum atomic E-state index is -0.190. The highest BCUT2D eigenvalue weighted by atomic mass is 15.2. The molecule has 2 aliphatic rings. The fourth-order valence-corrected chi connectivity index (χ4v) is 17.6. The zero-order valence-electron chi connectivity index (χ0n) is 67.6. The lowest BCUT2D eigenvalue weighted by atomic mass is 9.33. The van der Waals surface area contributed by atoms with Gasteiger partial charge in [0, 0.05) is 78.3 Å². The number of rotatable bonds is 14. The van der Waals surface area contributed by atoms with Crippen molar-refractivity contribution in [3.05, 3.63) is 399 Å². The maximum absolute atomic E-state index is 5.51. The van der Waals surface area contributed by atoms with Gasteiger partial charge < -0.3 is 14.4 Å². The molecule has 0 amide bonds. The van der Waals surface area contributed by atoms with Crippen LogP contribution in [0.5, 0.6) is 0 Å². The number of nitrogens with zero attached hydrogens (tertiary/aromatic N) is 9. The SMILES string of the molecule is CC(C)(C)c1ccc2c(c1)N(c1cc(-c3ccccc3)cc(-c3ccccc3)c1)c1cc(-c3ccc4c(c3)c3ccccc3n4-c3ccc(-c4nc(-c5ccccc5)nc(-c5ccccc5)n4)cc3-c3nc(-c4ccccc4)nc(-c4ccccc4)n3)cc3c1B2c1ccc(C(C)(C)C)cc1N3c1cc(-c2ccccc2)cc(-c2ccccc2)c1. The van der Waals surface area contributed by atoms with Gasteiger partial charge in [-0.1, -0.05) is 333 Å². The topological polar surface area (TPSA) is 88.8 Å². The van der Waals surface area contributed by atoms with Crippen LogP contribution < -0.4 is 26.2 Å². The Balaban J connectivity index is 0.842. The Morgan fingerprint density at radius 3 is 0.925 bits per heavy atom. The number of anilines is 6. The molecule has 9 nitrogen and oxygen atoms in total. The average molecular weight is 1540 g/mol. The quantitative estimate of drug-likeness (QED) is 0.0995. The van der Waals surface area contributed by atoms with Crippen molar-refractivity contribution in [1.29, 1.82) is 0 Å². The first-order valence-corrected chi connectivity index (χ1v) is 41.2. The molecule has 570 valence electrons. The van der Waals surface area contributed by atoms with Crippen molar-refractivity contribution < 1.29 is 0 Å². The Morgan fingerprint density at radius 2 is 0.542 bits per heavy atom. The first-order valence-electron chi connectivity index (χ1n) is 41.2. The molecule has 120 heavy (non-hydrogen) atoms. The summed E-state index contributed by atoms with van der Waals surface area (Å²) in [6, 6.07) is 141. The van der Waals surface area contributed by atoms with Crippen molar-refractivity contribution in [2.24, 2.45) is 0 Å². The Bertz CT molecular complexity index is 6700. The number of fused-ring (bicyclic) bond motifs is 7. The molecule has 0 bridgehead atoms. The highest BCUT2D eigenvalue weighted by Crippen LogP contribution is 2.51. The van der Waals surface area contributed by atoms with Crippen LogP contribution in [0.4, 0.5) is 34.1 Å². The molecule has 0 spiro atoms. The van der Waals surface area contributed by atoms with Crippen molar-refractivity contribution in [2.75, 3.05) is 9.80 Å². The average Bonchev–Trinajstić information content (AvgIpc) is 0.760. The number of para-hydroxylation sites is 1. The lowest BCUT2D eigenvalue weighted by Gasteiger charge is -2.45. The monoisotopic (exact) mass is 1540 g/mol. The maximum Gasteiger partial charge on any atom is 0.252 e. The molecule has 0 saturated carbocycles. The summed E-state index contributed by atoms with van der Waals surface area (Å²) in [6.45, 7) is 13.8. The molecule has 0 atom stereocenters. The van der Waals surface area contributed by atoms with Gasteiger partial charge in [-0.2, -0.15) is 0 Å². The minimum Gasteiger partial charge on any atom is -0.311 e. The van der Waals surface area contributed by atoms with Gasteiger partial charge >= 0.3 is 0 Å². The summed E-state index contributed by atoms with van der Waals surface area (Å²) in [6.07, 6.45) is 0. The smallest absolute Gasteiger partial charge is 0.252 e. The fourth-order valence-electron chi connectivity index (χ4n) is 17.6. The van der Waals surface area contributed by atoms with E-state index in [9.17, 15) is 0 Å². The second kappa shape index (κ2) is 29.6. The van der Waals surface area contributed by atoms with E-state index in [4.69, 9.17) is 29.9 Å². The Kier molecular flexibility index (Phi) is 17.9. The zero-order chi connectivity index (χ0) is 80.7. The number of hydrogen-bond donors (Lipinski definition) is 0. The second-order valence-electron chi connectivity index (χ2n) is 33.5. The van der Waals surface area contributed by atoms with Gasteiger partial charge in [0.1, 0.15) is 0 Å². The molecule has 0 N–H and O–H groups in total. The summed E-state index contributed by atoms with van der Waals surface area (Å²) in [4.78, 5) is 37.3. The Morgan fingerprint density at radius 1 is 0.217 bits per heavy atom. The highest BCUT2D eigenvalue weighted by Gasteiger charge is 2.45. The van der Waals surface area contributed by atoms with Crippen LogP contribution in [0.15, 0.2) is 388 Å². The van der Waals surface area contributed by atoms with E-state index >= 15 is 0 Å². The summed E-state index contributed by atoms with van der Waals surface area (Å²) in [7, 11) is 0. The predicted octanol–water partition coefficient (Wildman–Crippen LogP) is 26.2. The van der Waals surface area contributed by atoms with Crippen LogP contribution in [0.25, 0.3) is 151 Å². The first-order chi connectivity index (χ1) is 58.7. The molecular formula is C110H82BN9. The molecule has 10 heteroatoms. The van der Waals surface area contributed by atoms with Crippen LogP contribution in [-0.4, -0.2) is 41.2 Å². The van der Waals surface area contributed by atoms with Crippen LogP contribution in [0, 0.1) is 0 Å². The van der Waals surface area contributed by atoms with Gasteiger partial charge in [-0.15, -0.1) is 0 Å². The summed E-state index contributed by atoms with van der Waals surface area (Å²) < 4.78 is 2.40. The molecule has 3 aromatic heterocycles. The van der Waals surface area contributed by atoms with E-state index in [2.05, 4.69) is 347 Å². The van der Waals surface area contributed by atoms with E-state index in [0.29, 0.717) is 34.9 Å². The van der Waals surface area contributed by atoms with Gasteiger partial charge in [0.15, 0.2) is 34.9 Å². The molecule has 16 aromatic carbocycles. The standard InChI is InChI=1S/C110H82BN9/c1-109(2,3)86-53-55-93-98(69-86)118(88-61-81(71-33-15-7-16-34-71)59-82(62-88)72-35-17-8-18-36-72)100-67-85(68-101-102(100)111(93)94-56-54-87(110(4,5)6)70-99(94)119(101)89-63-83(73-37-19-9-20-38-73)60-84(64-89)74-39-21-10-22-40-74)79-51-57-96-91(65-79)90-49-31-32-50-95(90)120(96)97-58-52-80(107-114-103(75-41-23-11-24-42-75)112-104(115-107)76-43-25-12-26-44-76)66-92(97)108-116-105(77-45-27-13-28-46-77)113-106(117-108)78-47-29-14-30-48-78/h7-70H,1-6H3. The summed E-state index contributed by atoms with van der Waals surface area (Å²) in [5.74, 6) is 3.21. The third kappa shape index (κ3) is 13.3. The molecule has 0 unspecified atom stereocenters. The first kappa shape index (κ1) is 72.7. The van der Waals surface area contributed by atoms with E-state index in [0.717, 1.165) is 151 Å². The summed E-state index contributed by atoms with van der Waals surface area (Å²) in [5.41, 5.74) is 31.6. The number of benzene rings is 16. The zero-order valence-corrected chi connectivity index (χ0v) is 67.6. The van der Waals surface area contributed by atoms with Crippen molar-refractivity contribution in [3.63, 3.8) is 0 Å². The lowest BCUT2D eigenvalue weighted by molar-refractivity contribution is 0.590. The molecule has 5 heterocycles. The van der Waals surface area contributed by atoms with Crippen molar-refractivity contribution >= 4 is 79.0 Å². The molecule has 0 radical (unpaired) electrons. The number of hydrogen-bond acceptors (Lipinski definition) is 8. The van der Waals surface area contributed by atoms with Crippen molar-refractivity contribution in [3.8, 4) is 130 Å². The third-order valence-electron chi connectivity index (χ3n) is 23.7. The molecule has 21 rings (SSSR count). The van der Waals surface area contributed by atoms with E-state index in [-0.39, 0.29) is 17.5 Å². The van der Waals surface area contributed by atoms with E-state index in [1.165, 1.54) is 27.5 Å². The van der Waals surface area contributed by atoms with Gasteiger partial charge in [-0.05, 0) is 191 Å². The normalized spacial score (nSPS) is 12.4. The van der Waals surface area contributed by atoms with Crippen molar-refractivity contribution in [2.45, 2.75) is 52.4 Å². The Labute approximate surface area is 700 Å². The largest absolute Gasteiger partial charge is 0.311 e. The maximum atomic E-state index is 5.51. The Hall–Kier alpha value is -15.0. The van der Waals surface area contributed by atoms with Gasteiger partial charge in [0.2, 0.25) is 0 Å². The molecule has 0 fully saturated rings. The molecular weight excluding hydrogens is 1460 g/mol. The predicted molar refractivity (Wildman–Crippen MR) is 499 cm³/mol. The van der Waals surface area contributed by atoms with Crippen LogP contribution in [0.3, 0.4) is 0 Å². The highest BCUT2D eigenvalue weighted by molar-refractivity contribution is 7.00. The van der Waals surface area contributed by atoms with Crippen LogP contribution in [-0.2, 0) is 10.8 Å².